The van der Waals surface area contributed by atoms with Gasteiger partial charge in [0.15, 0.2) is 0 Å². The summed E-state index contributed by atoms with van der Waals surface area (Å²) in [5.74, 6) is 2.71. The van der Waals surface area contributed by atoms with Crippen molar-refractivity contribution in [3.63, 3.8) is 0 Å². The summed E-state index contributed by atoms with van der Waals surface area (Å²) in [6, 6.07) is 0. The first-order valence-electron chi connectivity index (χ1n) is 9.26. The molecule has 21 heavy (non-hydrogen) atoms. The number of likely N-dealkylation sites (tertiary alicyclic amines) is 1. The second-order valence-corrected chi connectivity index (χ2v) is 7.34. The highest BCUT2D eigenvalue weighted by molar-refractivity contribution is 4.75. The molecule has 0 amide bonds. The topological polar surface area (TPSA) is 43.7 Å². The Morgan fingerprint density at radius 1 is 0.667 bits per heavy atom. The van der Waals surface area contributed by atoms with Crippen LogP contribution in [0.25, 0.3) is 0 Å². The first kappa shape index (κ1) is 17.2. The van der Waals surface area contributed by atoms with Crippen molar-refractivity contribution in [2.75, 3.05) is 32.8 Å². The van der Waals surface area contributed by atoms with Crippen LogP contribution >= 0.6 is 0 Å². The first-order chi connectivity index (χ1) is 10.3. The summed E-state index contributed by atoms with van der Waals surface area (Å²) in [6.07, 6.45) is 13.5. The number of piperidine rings is 1. The van der Waals surface area contributed by atoms with E-state index in [9.17, 15) is 0 Å². The van der Waals surface area contributed by atoms with E-state index >= 15 is 0 Å². The van der Waals surface area contributed by atoms with Crippen LogP contribution in [0.4, 0.5) is 0 Å². The maximum Gasteiger partial charge on any atom is 0.0558 e. The fraction of sp³-hybridized carbons (Fsp3) is 1.00. The van der Waals surface area contributed by atoms with Gasteiger partial charge in [-0.3, -0.25) is 0 Å². The lowest BCUT2D eigenvalue weighted by Crippen LogP contribution is -2.35. The number of hydrogen-bond donors (Lipinski definition) is 2. The van der Waals surface area contributed by atoms with Gasteiger partial charge in [0, 0.05) is 13.2 Å². The third-order valence-electron chi connectivity index (χ3n) is 5.85. The number of nitrogens with zero attached hydrogens (tertiary/aromatic N) is 1. The van der Waals surface area contributed by atoms with E-state index in [1.165, 1.54) is 70.9 Å². The average molecular weight is 297 g/mol. The Balaban J connectivity index is 1.51. The van der Waals surface area contributed by atoms with Crippen LogP contribution in [-0.4, -0.2) is 48.0 Å². The zero-order chi connectivity index (χ0) is 14.9. The summed E-state index contributed by atoms with van der Waals surface area (Å²) in [5, 5.41) is 18.0. The van der Waals surface area contributed by atoms with Crippen molar-refractivity contribution in [1.29, 1.82) is 0 Å². The molecule has 2 N–H and O–H groups in total. The molecule has 3 heteroatoms. The Kier molecular flexibility index (Phi) is 8.05. The molecule has 2 aliphatic rings. The maximum atomic E-state index is 9.01. The Bertz CT molecular complexity index is 230. The van der Waals surface area contributed by atoms with Gasteiger partial charge >= 0.3 is 0 Å². The van der Waals surface area contributed by atoms with Crippen LogP contribution in [0.5, 0.6) is 0 Å². The van der Waals surface area contributed by atoms with Crippen LogP contribution in [0, 0.1) is 17.8 Å². The van der Waals surface area contributed by atoms with Crippen molar-refractivity contribution in [1.82, 2.24) is 4.90 Å². The smallest absolute Gasteiger partial charge is 0.0558 e. The average Bonchev–Trinajstić information content (AvgIpc) is 2.51. The van der Waals surface area contributed by atoms with Crippen LogP contribution in [-0.2, 0) is 0 Å². The van der Waals surface area contributed by atoms with E-state index in [0.717, 1.165) is 30.7 Å². The molecule has 1 saturated heterocycles. The molecule has 1 aliphatic heterocycles. The van der Waals surface area contributed by atoms with Gasteiger partial charge in [0.25, 0.3) is 0 Å². The zero-order valence-electron chi connectivity index (χ0n) is 13.7. The minimum Gasteiger partial charge on any atom is -0.396 e. The first-order valence-corrected chi connectivity index (χ1v) is 9.26. The van der Waals surface area contributed by atoms with Crippen LogP contribution in [0.1, 0.15) is 64.2 Å². The monoisotopic (exact) mass is 297 g/mol. The Morgan fingerprint density at radius 3 is 1.71 bits per heavy atom. The van der Waals surface area contributed by atoms with E-state index in [4.69, 9.17) is 10.2 Å². The third-order valence-corrected chi connectivity index (χ3v) is 5.85. The van der Waals surface area contributed by atoms with Gasteiger partial charge in [-0.1, -0.05) is 44.9 Å². The molecule has 0 atom stereocenters. The third kappa shape index (κ3) is 6.25. The fourth-order valence-corrected chi connectivity index (χ4v) is 4.33. The number of aliphatic hydroxyl groups is 2. The van der Waals surface area contributed by atoms with Crippen molar-refractivity contribution in [2.24, 2.45) is 17.8 Å². The normalized spacial score (nSPS) is 28.9. The van der Waals surface area contributed by atoms with Crippen LogP contribution < -0.4 is 0 Å². The summed E-state index contributed by atoms with van der Waals surface area (Å²) in [5.41, 5.74) is 0. The van der Waals surface area contributed by atoms with Gasteiger partial charge in [-0.2, -0.15) is 0 Å². The molecule has 1 aliphatic carbocycles. The largest absolute Gasteiger partial charge is 0.396 e. The molecule has 0 aromatic carbocycles. The summed E-state index contributed by atoms with van der Waals surface area (Å²) >= 11 is 0. The summed E-state index contributed by atoms with van der Waals surface area (Å²) in [6.45, 7) is 3.94. The molecule has 0 aromatic heterocycles. The molecule has 124 valence electrons. The SMILES string of the molecule is OCCC1CCC(CCCC2CCN(CCO)CC2)CC1. The van der Waals surface area contributed by atoms with E-state index in [2.05, 4.69) is 4.90 Å². The van der Waals surface area contributed by atoms with Gasteiger partial charge in [-0.25, -0.2) is 0 Å². The Hall–Kier alpha value is -0.120. The Labute approximate surface area is 130 Å². The van der Waals surface area contributed by atoms with Crippen molar-refractivity contribution in [3.05, 3.63) is 0 Å². The lowest BCUT2D eigenvalue weighted by molar-refractivity contribution is 0.141. The highest BCUT2D eigenvalue weighted by Crippen LogP contribution is 2.34. The summed E-state index contributed by atoms with van der Waals surface area (Å²) in [7, 11) is 0. The number of rotatable bonds is 8. The molecule has 0 bridgehead atoms. The van der Waals surface area contributed by atoms with E-state index in [-0.39, 0.29) is 0 Å². The molecule has 1 saturated carbocycles. The van der Waals surface area contributed by atoms with E-state index in [0.29, 0.717) is 13.2 Å². The quantitative estimate of drug-likeness (QED) is 0.724. The van der Waals surface area contributed by atoms with Gasteiger partial charge in [0.2, 0.25) is 0 Å². The van der Waals surface area contributed by atoms with E-state index in [1.807, 2.05) is 0 Å². The minimum absolute atomic E-state index is 0.309. The fourth-order valence-electron chi connectivity index (χ4n) is 4.33. The Morgan fingerprint density at radius 2 is 1.19 bits per heavy atom. The predicted molar refractivity (Wildman–Crippen MR) is 87.3 cm³/mol. The number of hydrogen-bond acceptors (Lipinski definition) is 3. The molecule has 0 spiro atoms. The lowest BCUT2D eigenvalue weighted by Gasteiger charge is -2.32. The van der Waals surface area contributed by atoms with E-state index < -0.39 is 0 Å². The molecule has 3 nitrogen and oxygen atoms in total. The van der Waals surface area contributed by atoms with Gasteiger partial charge < -0.3 is 15.1 Å². The minimum atomic E-state index is 0.309. The summed E-state index contributed by atoms with van der Waals surface area (Å²) in [4.78, 5) is 2.40. The lowest BCUT2D eigenvalue weighted by atomic mass is 9.78. The molecule has 1 heterocycles. The van der Waals surface area contributed by atoms with Gasteiger partial charge in [-0.15, -0.1) is 0 Å². The van der Waals surface area contributed by atoms with Crippen LogP contribution in [0.3, 0.4) is 0 Å². The van der Waals surface area contributed by atoms with Crippen molar-refractivity contribution in [2.45, 2.75) is 64.2 Å². The molecule has 2 fully saturated rings. The van der Waals surface area contributed by atoms with E-state index in [1.54, 1.807) is 0 Å². The van der Waals surface area contributed by atoms with Gasteiger partial charge in [0.1, 0.15) is 0 Å². The molecular formula is C18H35NO2. The molecule has 0 aromatic rings. The zero-order valence-corrected chi connectivity index (χ0v) is 13.7. The number of β-amino-alcohol motifs (C(OH)–C–C–N with tert-alkyl or cyclic N) is 1. The van der Waals surface area contributed by atoms with Crippen molar-refractivity contribution >= 4 is 0 Å². The maximum absolute atomic E-state index is 9.01. The predicted octanol–water partition coefficient (Wildman–Crippen LogP) is 3.05. The number of aliphatic hydroxyl groups excluding tert-OH is 2. The van der Waals surface area contributed by atoms with Crippen LogP contribution in [0.15, 0.2) is 0 Å². The highest BCUT2D eigenvalue weighted by atomic mass is 16.3. The van der Waals surface area contributed by atoms with Gasteiger partial charge in [0.05, 0.1) is 6.61 Å². The van der Waals surface area contributed by atoms with Crippen molar-refractivity contribution < 1.29 is 10.2 Å². The molecule has 0 radical (unpaired) electrons. The second kappa shape index (κ2) is 9.81. The molecular weight excluding hydrogens is 262 g/mol. The highest BCUT2D eigenvalue weighted by Gasteiger charge is 2.22. The standard InChI is InChI=1S/C18H35NO2/c20-14-10-18-6-4-16(5-7-18)2-1-3-17-8-11-19(12-9-17)13-15-21/h16-18,20-21H,1-15H2. The molecule has 0 unspecified atom stereocenters. The van der Waals surface area contributed by atoms with Gasteiger partial charge in [-0.05, 0) is 50.1 Å². The van der Waals surface area contributed by atoms with Crippen LogP contribution in [0.2, 0.25) is 0 Å². The second-order valence-electron chi connectivity index (χ2n) is 7.34. The van der Waals surface area contributed by atoms with Crippen molar-refractivity contribution in [3.8, 4) is 0 Å². The molecule has 2 rings (SSSR count). The summed E-state index contributed by atoms with van der Waals surface area (Å²) < 4.78 is 0.